The quantitative estimate of drug-likeness (QED) is 0.898. The fourth-order valence-corrected chi connectivity index (χ4v) is 2.03. The molecule has 0 spiro atoms. The molecule has 0 fully saturated rings. The van der Waals surface area contributed by atoms with Crippen LogP contribution >= 0.6 is 0 Å². The average molecular weight is 251 g/mol. The van der Waals surface area contributed by atoms with Gasteiger partial charge in [0.2, 0.25) is 0 Å². The Labute approximate surface area is 113 Å². The summed E-state index contributed by atoms with van der Waals surface area (Å²) in [6.45, 7) is 4.04. The first-order chi connectivity index (χ1) is 9.24. The van der Waals surface area contributed by atoms with Crippen LogP contribution in [0.3, 0.4) is 0 Å². The predicted molar refractivity (Wildman–Crippen MR) is 76.8 cm³/mol. The van der Waals surface area contributed by atoms with Gasteiger partial charge in [0.1, 0.15) is 11.9 Å². The molecule has 1 atom stereocenters. The van der Waals surface area contributed by atoms with Crippen molar-refractivity contribution in [3.63, 3.8) is 0 Å². The van der Waals surface area contributed by atoms with Gasteiger partial charge in [0.15, 0.2) is 0 Å². The van der Waals surface area contributed by atoms with Crippen molar-refractivity contribution in [1.29, 1.82) is 5.26 Å². The Morgan fingerprint density at radius 3 is 2.58 bits per heavy atom. The van der Waals surface area contributed by atoms with Crippen molar-refractivity contribution in [2.75, 3.05) is 5.32 Å². The highest BCUT2D eigenvalue weighted by atomic mass is 15.0. The third-order valence-corrected chi connectivity index (χ3v) is 3.08. The lowest BCUT2D eigenvalue weighted by Gasteiger charge is -2.19. The van der Waals surface area contributed by atoms with Gasteiger partial charge in [-0.25, -0.2) is 4.98 Å². The van der Waals surface area contributed by atoms with Crippen LogP contribution in [0.5, 0.6) is 0 Å². The van der Waals surface area contributed by atoms with E-state index in [4.69, 9.17) is 5.26 Å². The van der Waals surface area contributed by atoms with Crippen molar-refractivity contribution < 1.29 is 0 Å². The smallest absolute Gasteiger partial charge is 0.144 e. The van der Waals surface area contributed by atoms with Gasteiger partial charge in [0, 0.05) is 5.69 Å². The molecule has 0 saturated heterocycles. The molecule has 0 bridgehead atoms. The normalized spacial score (nSPS) is 11.6. The van der Waals surface area contributed by atoms with Crippen LogP contribution in [0.25, 0.3) is 0 Å². The molecule has 1 unspecified atom stereocenters. The lowest BCUT2D eigenvalue weighted by molar-refractivity contribution is 0.743. The maximum Gasteiger partial charge on any atom is 0.144 e. The third-order valence-electron chi connectivity index (χ3n) is 3.08. The SMILES string of the molecule is CCC(Nc1nc(C)ccc1C#N)c1ccccc1. The van der Waals surface area contributed by atoms with E-state index in [0.717, 1.165) is 12.1 Å². The largest absolute Gasteiger partial charge is 0.362 e. The van der Waals surface area contributed by atoms with Crippen molar-refractivity contribution in [2.45, 2.75) is 26.3 Å². The summed E-state index contributed by atoms with van der Waals surface area (Å²) in [5, 5.41) is 12.5. The number of benzene rings is 1. The van der Waals surface area contributed by atoms with Crippen LogP contribution in [-0.4, -0.2) is 4.98 Å². The number of pyridine rings is 1. The van der Waals surface area contributed by atoms with Gasteiger partial charge in [0.05, 0.1) is 11.6 Å². The fraction of sp³-hybridized carbons (Fsp3) is 0.250. The number of rotatable bonds is 4. The molecule has 3 heteroatoms. The first kappa shape index (κ1) is 13.1. The summed E-state index contributed by atoms with van der Waals surface area (Å²) in [7, 11) is 0. The van der Waals surface area contributed by atoms with Gasteiger partial charge in [-0.2, -0.15) is 5.26 Å². The maximum atomic E-state index is 9.14. The van der Waals surface area contributed by atoms with Crippen LogP contribution < -0.4 is 5.32 Å². The first-order valence-electron chi connectivity index (χ1n) is 6.43. The van der Waals surface area contributed by atoms with Gasteiger partial charge >= 0.3 is 0 Å². The molecule has 0 radical (unpaired) electrons. The summed E-state index contributed by atoms with van der Waals surface area (Å²) in [4.78, 5) is 4.42. The Morgan fingerprint density at radius 1 is 1.21 bits per heavy atom. The molecule has 1 aromatic heterocycles. The van der Waals surface area contributed by atoms with Crippen LogP contribution in [0.2, 0.25) is 0 Å². The molecule has 1 aromatic carbocycles. The molecule has 0 aliphatic heterocycles. The summed E-state index contributed by atoms with van der Waals surface area (Å²) in [6, 6.07) is 16.2. The molecule has 1 heterocycles. The summed E-state index contributed by atoms with van der Waals surface area (Å²) >= 11 is 0. The highest BCUT2D eigenvalue weighted by molar-refractivity contribution is 5.53. The molecule has 96 valence electrons. The molecule has 2 rings (SSSR count). The highest BCUT2D eigenvalue weighted by Gasteiger charge is 2.12. The highest BCUT2D eigenvalue weighted by Crippen LogP contribution is 2.23. The number of aromatic nitrogens is 1. The second kappa shape index (κ2) is 6.01. The number of hydrogen-bond donors (Lipinski definition) is 1. The zero-order valence-corrected chi connectivity index (χ0v) is 11.2. The van der Waals surface area contributed by atoms with Crippen molar-refractivity contribution in [3.05, 3.63) is 59.3 Å². The summed E-state index contributed by atoms with van der Waals surface area (Å²) in [5.74, 6) is 0.665. The van der Waals surface area contributed by atoms with Crippen LogP contribution in [-0.2, 0) is 0 Å². The lowest BCUT2D eigenvalue weighted by atomic mass is 10.0. The van der Waals surface area contributed by atoms with Gasteiger partial charge in [-0.1, -0.05) is 37.3 Å². The first-order valence-corrected chi connectivity index (χ1v) is 6.43. The van der Waals surface area contributed by atoms with Crippen LogP contribution in [0.1, 0.15) is 36.2 Å². The summed E-state index contributed by atoms with van der Waals surface area (Å²) < 4.78 is 0. The van der Waals surface area contributed by atoms with Gasteiger partial charge in [-0.05, 0) is 31.0 Å². The Balaban J connectivity index is 2.29. The Morgan fingerprint density at radius 2 is 1.95 bits per heavy atom. The number of hydrogen-bond acceptors (Lipinski definition) is 3. The van der Waals surface area contributed by atoms with E-state index in [1.165, 1.54) is 5.56 Å². The molecule has 0 aliphatic carbocycles. The standard InChI is InChI=1S/C16H17N3/c1-3-15(13-7-5-4-6-8-13)19-16-14(11-17)10-9-12(2)18-16/h4-10,15H,3H2,1-2H3,(H,18,19). The van der Waals surface area contributed by atoms with E-state index in [9.17, 15) is 0 Å². The Bertz CT molecular complexity index is 585. The zero-order chi connectivity index (χ0) is 13.7. The minimum Gasteiger partial charge on any atom is -0.362 e. The maximum absolute atomic E-state index is 9.14. The molecule has 1 N–H and O–H groups in total. The summed E-state index contributed by atoms with van der Waals surface area (Å²) in [5.41, 5.74) is 2.70. The molecule has 2 aromatic rings. The number of aryl methyl sites for hydroxylation is 1. The number of anilines is 1. The van der Waals surface area contributed by atoms with Crippen molar-refractivity contribution in [3.8, 4) is 6.07 Å². The van der Waals surface area contributed by atoms with Crippen LogP contribution in [0, 0.1) is 18.3 Å². The van der Waals surface area contributed by atoms with E-state index < -0.39 is 0 Å². The lowest BCUT2D eigenvalue weighted by Crippen LogP contribution is -2.12. The van der Waals surface area contributed by atoms with Crippen LogP contribution in [0.4, 0.5) is 5.82 Å². The second-order valence-corrected chi connectivity index (χ2v) is 4.48. The van der Waals surface area contributed by atoms with E-state index in [1.54, 1.807) is 0 Å². The van der Waals surface area contributed by atoms with Gasteiger partial charge in [0.25, 0.3) is 0 Å². The van der Waals surface area contributed by atoms with Gasteiger partial charge in [-0.3, -0.25) is 0 Å². The third kappa shape index (κ3) is 3.11. The molecule has 0 saturated carbocycles. The fourth-order valence-electron chi connectivity index (χ4n) is 2.03. The summed E-state index contributed by atoms with van der Waals surface area (Å²) in [6.07, 6.45) is 0.935. The molecular weight excluding hydrogens is 234 g/mol. The number of nitriles is 1. The second-order valence-electron chi connectivity index (χ2n) is 4.48. The van der Waals surface area contributed by atoms with Gasteiger partial charge in [-0.15, -0.1) is 0 Å². The van der Waals surface area contributed by atoms with E-state index in [0.29, 0.717) is 11.4 Å². The van der Waals surface area contributed by atoms with Crippen LogP contribution in [0.15, 0.2) is 42.5 Å². The molecule has 0 aliphatic rings. The predicted octanol–water partition coefficient (Wildman–Crippen LogP) is 3.82. The molecule has 19 heavy (non-hydrogen) atoms. The monoisotopic (exact) mass is 251 g/mol. The number of nitrogens with zero attached hydrogens (tertiary/aromatic N) is 2. The molecule has 3 nitrogen and oxygen atoms in total. The van der Waals surface area contributed by atoms with Crippen molar-refractivity contribution >= 4 is 5.82 Å². The minimum absolute atomic E-state index is 0.169. The van der Waals surface area contributed by atoms with E-state index >= 15 is 0 Å². The topological polar surface area (TPSA) is 48.7 Å². The zero-order valence-electron chi connectivity index (χ0n) is 11.2. The van der Waals surface area contributed by atoms with Gasteiger partial charge < -0.3 is 5.32 Å². The Kier molecular flexibility index (Phi) is 4.15. The Hall–Kier alpha value is -2.34. The minimum atomic E-state index is 0.169. The number of nitrogens with one attached hydrogen (secondary N) is 1. The van der Waals surface area contributed by atoms with Crippen molar-refractivity contribution in [2.24, 2.45) is 0 Å². The molecular formula is C16H17N3. The van der Waals surface area contributed by atoms with E-state index in [2.05, 4.69) is 35.4 Å². The molecule has 0 amide bonds. The average Bonchev–Trinajstić information content (AvgIpc) is 2.46. The van der Waals surface area contributed by atoms with Crippen molar-refractivity contribution in [1.82, 2.24) is 4.98 Å². The van der Waals surface area contributed by atoms with E-state index in [1.807, 2.05) is 37.3 Å². The van der Waals surface area contributed by atoms with E-state index in [-0.39, 0.29) is 6.04 Å².